The van der Waals surface area contributed by atoms with Gasteiger partial charge in [0.05, 0.1) is 6.61 Å². The lowest BCUT2D eigenvalue weighted by molar-refractivity contribution is 0.0178. The number of hydrogen-bond acceptors (Lipinski definition) is 4. The van der Waals surface area contributed by atoms with Crippen molar-refractivity contribution >= 4 is 6.09 Å². The number of amides is 1. The number of rotatable bonds is 6. The fourth-order valence-corrected chi connectivity index (χ4v) is 3.57. The first-order valence-electron chi connectivity index (χ1n) is 8.14. The Morgan fingerprint density at radius 3 is 2.76 bits per heavy atom. The molecule has 3 aliphatic rings. The first kappa shape index (κ1) is 16.6. The normalized spacial score (nSPS) is 29.2. The first-order valence-corrected chi connectivity index (χ1v) is 8.14. The zero-order valence-electron chi connectivity index (χ0n) is 14.0. The quantitative estimate of drug-likeness (QED) is 0.764. The van der Waals surface area contributed by atoms with Gasteiger partial charge in [-0.15, -0.1) is 0 Å². The lowest BCUT2D eigenvalue weighted by atomic mass is 9.70. The van der Waals surface area contributed by atoms with E-state index in [4.69, 9.17) is 9.47 Å². The Labute approximate surface area is 128 Å². The Kier molecular flexibility index (Phi) is 5.15. The molecule has 4 atom stereocenters. The van der Waals surface area contributed by atoms with E-state index < -0.39 is 5.60 Å². The Bertz CT molecular complexity index is 367. The van der Waals surface area contributed by atoms with Crippen LogP contribution in [0, 0.1) is 11.8 Å². The molecule has 3 fully saturated rings. The molecule has 0 aromatic rings. The highest BCUT2D eigenvalue weighted by Crippen LogP contribution is 2.48. The molecule has 5 nitrogen and oxygen atoms in total. The molecule has 0 aromatic heterocycles. The van der Waals surface area contributed by atoms with Gasteiger partial charge in [-0.3, -0.25) is 0 Å². The molecule has 122 valence electrons. The maximum Gasteiger partial charge on any atom is 0.410 e. The first-order chi connectivity index (χ1) is 9.83. The van der Waals surface area contributed by atoms with Gasteiger partial charge in [-0.2, -0.15) is 0 Å². The summed E-state index contributed by atoms with van der Waals surface area (Å²) in [4.78, 5) is 14.2. The van der Waals surface area contributed by atoms with Crippen molar-refractivity contribution in [3.05, 3.63) is 0 Å². The summed E-state index contributed by atoms with van der Waals surface area (Å²) < 4.78 is 10.9. The average Bonchev–Trinajstić information content (AvgIpc) is 2.91. The molecule has 21 heavy (non-hydrogen) atoms. The minimum absolute atomic E-state index is 0.154. The lowest BCUT2D eigenvalue weighted by Crippen LogP contribution is -2.51. The zero-order chi connectivity index (χ0) is 15.6. The van der Waals surface area contributed by atoms with Crippen LogP contribution in [0.2, 0.25) is 0 Å². The fourth-order valence-electron chi connectivity index (χ4n) is 3.57. The number of ether oxygens (including phenoxy) is 2. The average molecular weight is 298 g/mol. The molecule has 2 bridgehead atoms. The summed E-state index contributed by atoms with van der Waals surface area (Å²) in [7, 11) is 0. The van der Waals surface area contributed by atoms with Crippen molar-refractivity contribution in [1.29, 1.82) is 0 Å². The fraction of sp³-hybridized carbons (Fsp3) is 0.938. The maximum atomic E-state index is 12.2. The van der Waals surface area contributed by atoms with Crippen LogP contribution < -0.4 is 5.32 Å². The van der Waals surface area contributed by atoms with E-state index in [-0.39, 0.29) is 6.09 Å². The molecular formula is C16H30N2O3. The van der Waals surface area contributed by atoms with Gasteiger partial charge in [0.2, 0.25) is 0 Å². The van der Waals surface area contributed by atoms with E-state index in [1.54, 1.807) is 0 Å². The van der Waals surface area contributed by atoms with Crippen molar-refractivity contribution in [2.75, 3.05) is 26.3 Å². The Morgan fingerprint density at radius 1 is 1.43 bits per heavy atom. The summed E-state index contributed by atoms with van der Waals surface area (Å²) in [6.07, 6.45) is 0.973. The Hall–Kier alpha value is -0.810. The topological polar surface area (TPSA) is 50.8 Å². The Morgan fingerprint density at radius 2 is 2.14 bits per heavy atom. The van der Waals surface area contributed by atoms with Crippen LogP contribution in [0.5, 0.6) is 0 Å². The van der Waals surface area contributed by atoms with Crippen LogP contribution in [0.15, 0.2) is 0 Å². The van der Waals surface area contributed by atoms with E-state index >= 15 is 0 Å². The van der Waals surface area contributed by atoms with E-state index in [0.29, 0.717) is 23.9 Å². The molecule has 5 heteroatoms. The van der Waals surface area contributed by atoms with Gasteiger partial charge in [0, 0.05) is 31.8 Å². The van der Waals surface area contributed by atoms with Crippen LogP contribution in [0.25, 0.3) is 0 Å². The predicted octanol–water partition coefficient (Wildman–Crippen LogP) is 2.26. The second kappa shape index (κ2) is 6.53. The SMILES string of the molecule is CCOCCNC(C)C1C2CC1N(C(=O)OC(C)(C)C)C2. The third kappa shape index (κ3) is 3.89. The molecule has 4 unspecified atom stereocenters. The van der Waals surface area contributed by atoms with Crippen molar-refractivity contribution in [2.45, 2.75) is 58.7 Å². The number of nitrogens with one attached hydrogen (secondary N) is 1. The number of nitrogens with zero attached hydrogens (tertiary/aromatic N) is 1. The highest BCUT2D eigenvalue weighted by molar-refractivity contribution is 5.69. The second-order valence-corrected chi connectivity index (χ2v) is 7.21. The molecule has 0 spiro atoms. The van der Waals surface area contributed by atoms with E-state index in [0.717, 1.165) is 32.7 Å². The molecule has 1 N–H and O–H groups in total. The molecule has 1 amide bonds. The van der Waals surface area contributed by atoms with Crippen molar-refractivity contribution in [2.24, 2.45) is 11.8 Å². The third-order valence-electron chi connectivity index (χ3n) is 4.49. The molecule has 3 rings (SSSR count). The van der Waals surface area contributed by atoms with Crippen LogP contribution in [0.1, 0.15) is 41.0 Å². The van der Waals surface area contributed by atoms with Gasteiger partial charge in [0.1, 0.15) is 5.60 Å². The largest absolute Gasteiger partial charge is 0.444 e. The monoisotopic (exact) mass is 298 g/mol. The van der Waals surface area contributed by atoms with Crippen molar-refractivity contribution in [1.82, 2.24) is 10.2 Å². The van der Waals surface area contributed by atoms with Gasteiger partial charge in [0.15, 0.2) is 0 Å². The maximum absolute atomic E-state index is 12.2. The van der Waals surface area contributed by atoms with Crippen LogP contribution in [0.4, 0.5) is 4.79 Å². The van der Waals surface area contributed by atoms with Gasteiger partial charge >= 0.3 is 6.09 Å². The van der Waals surface area contributed by atoms with Crippen LogP contribution in [-0.2, 0) is 9.47 Å². The summed E-state index contributed by atoms with van der Waals surface area (Å²) in [6.45, 7) is 13.2. The predicted molar refractivity (Wildman–Crippen MR) is 82.3 cm³/mol. The van der Waals surface area contributed by atoms with E-state index in [9.17, 15) is 4.79 Å². The number of carbonyl (C=O) groups is 1. The summed E-state index contributed by atoms with van der Waals surface area (Å²) in [5.41, 5.74) is -0.416. The lowest BCUT2D eigenvalue weighted by Gasteiger charge is -2.40. The number of carbonyl (C=O) groups excluding carboxylic acids is 1. The molecule has 0 aromatic carbocycles. The third-order valence-corrected chi connectivity index (χ3v) is 4.49. The zero-order valence-corrected chi connectivity index (χ0v) is 14.0. The molecule has 2 saturated heterocycles. The molecule has 2 heterocycles. The van der Waals surface area contributed by atoms with E-state index in [2.05, 4.69) is 12.2 Å². The molecule has 1 saturated carbocycles. The summed E-state index contributed by atoms with van der Waals surface area (Å²) in [6, 6.07) is 0.765. The van der Waals surface area contributed by atoms with Crippen molar-refractivity contribution < 1.29 is 14.3 Å². The van der Waals surface area contributed by atoms with Crippen molar-refractivity contribution in [3.8, 4) is 0 Å². The Balaban J connectivity index is 1.80. The van der Waals surface area contributed by atoms with Gasteiger partial charge in [-0.25, -0.2) is 4.79 Å². The van der Waals surface area contributed by atoms with E-state index in [1.807, 2.05) is 32.6 Å². The smallest absolute Gasteiger partial charge is 0.410 e. The van der Waals surface area contributed by atoms with E-state index in [1.165, 1.54) is 0 Å². The molecular weight excluding hydrogens is 268 g/mol. The molecule has 1 aliphatic carbocycles. The van der Waals surface area contributed by atoms with Gasteiger partial charge in [0.25, 0.3) is 0 Å². The highest BCUT2D eigenvalue weighted by Gasteiger charge is 2.56. The standard InChI is InChI=1S/C16H30N2O3/c1-6-20-8-7-17-11(2)14-12-9-13(14)18(10-12)15(19)21-16(3,4)5/h11-14,17H,6-10H2,1-5H3. The van der Waals surface area contributed by atoms with Crippen LogP contribution >= 0.6 is 0 Å². The van der Waals surface area contributed by atoms with Gasteiger partial charge < -0.3 is 19.7 Å². The number of fused-ring (bicyclic) bond motifs is 1. The van der Waals surface area contributed by atoms with Gasteiger partial charge in [-0.05, 0) is 52.9 Å². The summed E-state index contributed by atoms with van der Waals surface area (Å²) >= 11 is 0. The van der Waals surface area contributed by atoms with Crippen LogP contribution in [0.3, 0.4) is 0 Å². The van der Waals surface area contributed by atoms with Crippen LogP contribution in [-0.4, -0.2) is 55.0 Å². The number of hydrogen-bond donors (Lipinski definition) is 1. The minimum Gasteiger partial charge on any atom is -0.444 e. The van der Waals surface area contributed by atoms with Crippen molar-refractivity contribution in [3.63, 3.8) is 0 Å². The van der Waals surface area contributed by atoms with Gasteiger partial charge in [-0.1, -0.05) is 0 Å². The summed E-state index contributed by atoms with van der Waals surface area (Å²) in [5, 5.41) is 3.52. The highest BCUT2D eigenvalue weighted by atomic mass is 16.6. The minimum atomic E-state index is -0.416. The molecule has 2 aliphatic heterocycles. The summed E-state index contributed by atoms with van der Waals surface area (Å²) in [5.74, 6) is 1.18. The molecule has 0 radical (unpaired) electrons. The second-order valence-electron chi connectivity index (χ2n) is 7.21.